The molecule has 1 atom stereocenters. The molecule has 0 bridgehead atoms. The number of rotatable bonds is 7. The molecule has 9 nitrogen and oxygen atoms in total. The van der Waals surface area contributed by atoms with E-state index in [0.717, 1.165) is 48.7 Å². The minimum Gasteiger partial charge on any atom is -0.465 e. The number of anilines is 1. The fourth-order valence-corrected chi connectivity index (χ4v) is 6.92. The van der Waals surface area contributed by atoms with Crippen LogP contribution < -0.4 is 10.2 Å². The van der Waals surface area contributed by atoms with Gasteiger partial charge in [0, 0.05) is 63.0 Å². The number of benzene rings is 2. The van der Waals surface area contributed by atoms with Crippen molar-refractivity contribution >= 4 is 35.2 Å². The van der Waals surface area contributed by atoms with Gasteiger partial charge in [-0.15, -0.1) is 0 Å². The number of nitrogens with zero attached hydrogens (tertiary/aromatic N) is 3. The van der Waals surface area contributed by atoms with Gasteiger partial charge in [-0.2, -0.15) is 13.2 Å². The first-order valence-electron chi connectivity index (χ1n) is 14.8. The zero-order chi connectivity index (χ0) is 31.6. The molecule has 5 rings (SSSR count). The molecule has 3 heterocycles. The van der Waals surface area contributed by atoms with E-state index in [1.54, 1.807) is 17.0 Å². The molecule has 3 saturated heterocycles. The Morgan fingerprint density at radius 2 is 1.48 bits per heavy atom. The summed E-state index contributed by atoms with van der Waals surface area (Å²) in [5.74, 6) is -0.794. The van der Waals surface area contributed by atoms with Gasteiger partial charge < -0.3 is 30.2 Å². The molecule has 13 heteroatoms. The summed E-state index contributed by atoms with van der Waals surface area (Å²) in [7, 11) is 0. The maximum Gasteiger partial charge on any atom is 0.430 e. The second kappa shape index (κ2) is 12.8. The summed E-state index contributed by atoms with van der Waals surface area (Å²) in [6.45, 7) is 3.08. The normalized spacial score (nSPS) is 20.2. The molecule has 0 radical (unpaired) electrons. The van der Waals surface area contributed by atoms with Crippen molar-refractivity contribution in [3.05, 3.63) is 64.7 Å². The lowest BCUT2D eigenvalue weighted by atomic mass is 9.78. The van der Waals surface area contributed by atoms with Crippen LogP contribution in [0.25, 0.3) is 0 Å². The summed E-state index contributed by atoms with van der Waals surface area (Å²) in [5, 5.41) is 22.1. The van der Waals surface area contributed by atoms with E-state index in [0.29, 0.717) is 49.0 Å². The highest BCUT2D eigenvalue weighted by atomic mass is 35.5. The highest BCUT2D eigenvalue weighted by Crippen LogP contribution is 2.42. The summed E-state index contributed by atoms with van der Waals surface area (Å²) >= 11 is 6.51. The Labute approximate surface area is 258 Å². The fourth-order valence-electron chi connectivity index (χ4n) is 6.66. The molecule has 2 aromatic rings. The molecule has 3 N–H and O–H groups in total. The molecule has 3 amide bonds. The zero-order valence-electron chi connectivity index (χ0n) is 24.1. The van der Waals surface area contributed by atoms with Gasteiger partial charge in [0.15, 0.2) is 0 Å². The molecule has 0 saturated carbocycles. The summed E-state index contributed by atoms with van der Waals surface area (Å²) in [4.78, 5) is 41.6. The number of likely N-dealkylation sites (tertiary alicyclic amines) is 2. The van der Waals surface area contributed by atoms with Crippen LogP contribution in [0.2, 0.25) is 5.02 Å². The molecule has 3 aliphatic heterocycles. The lowest BCUT2D eigenvalue weighted by Gasteiger charge is -2.42. The first-order valence-corrected chi connectivity index (χ1v) is 15.2. The quantitative estimate of drug-likeness (QED) is 0.410. The van der Waals surface area contributed by atoms with E-state index < -0.39 is 29.3 Å². The van der Waals surface area contributed by atoms with Gasteiger partial charge in [-0.1, -0.05) is 41.9 Å². The van der Waals surface area contributed by atoms with Gasteiger partial charge in [0.1, 0.15) is 0 Å². The van der Waals surface area contributed by atoms with Crippen molar-refractivity contribution in [3.63, 3.8) is 0 Å². The number of hydrogen-bond acceptors (Lipinski definition) is 5. The highest BCUT2D eigenvalue weighted by molar-refractivity contribution is 6.34. The van der Waals surface area contributed by atoms with Gasteiger partial charge >= 0.3 is 12.3 Å². The van der Waals surface area contributed by atoms with Crippen molar-refractivity contribution in [1.82, 2.24) is 15.1 Å². The molecular formula is C31H36ClF3N4O5. The number of aliphatic hydroxyl groups is 1. The molecule has 0 aromatic heterocycles. The predicted octanol–water partition coefficient (Wildman–Crippen LogP) is 4.58. The average Bonchev–Trinajstić information content (AvgIpc) is 2.99. The smallest absolute Gasteiger partial charge is 0.430 e. The number of carbonyl (C=O) groups is 3. The van der Waals surface area contributed by atoms with E-state index in [4.69, 9.17) is 16.7 Å². The Hall–Kier alpha value is -3.51. The monoisotopic (exact) mass is 636 g/mol. The lowest BCUT2D eigenvalue weighted by Crippen LogP contribution is -2.57. The van der Waals surface area contributed by atoms with Crippen molar-refractivity contribution in [2.24, 2.45) is 17.8 Å². The molecule has 0 spiro atoms. The predicted molar refractivity (Wildman–Crippen MR) is 158 cm³/mol. The third-order valence-electron chi connectivity index (χ3n) is 9.28. The third kappa shape index (κ3) is 6.46. The summed E-state index contributed by atoms with van der Waals surface area (Å²) < 4.78 is 42.0. The summed E-state index contributed by atoms with van der Waals surface area (Å²) in [5.41, 5.74) is -2.75. The zero-order valence-corrected chi connectivity index (χ0v) is 24.9. The molecule has 238 valence electrons. The van der Waals surface area contributed by atoms with E-state index in [1.807, 2.05) is 6.07 Å². The first-order chi connectivity index (χ1) is 20.9. The van der Waals surface area contributed by atoms with E-state index in [-0.39, 0.29) is 30.8 Å². The Kier molecular flexibility index (Phi) is 9.31. The average molecular weight is 637 g/mol. The fraction of sp³-hybridized carbons (Fsp3) is 0.516. The maximum absolute atomic E-state index is 14.0. The second-order valence-electron chi connectivity index (χ2n) is 12.0. The SMILES string of the molecule is O=C(O)NCC1CN(C(=O)c2ccc(N3CCC(C4CCN(C(=O)C(O)(c5ccccc5)C(F)(F)F)CC4)CC3)cc2Cl)C1. The minimum atomic E-state index is -5.15. The first kappa shape index (κ1) is 31.9. The van der Waals surface area contributed by atoms with Crippen LogP contribution >= 0.6 is 11.6 Å². The molecule has 3 aliphatic rings. The Morgan fingerprint density at radius 3 is 2.02 bits per heavy atom. The number of nitrogens with one attached hydrogen (secondary N) is 1. The van der Waals surface area contributed by atoms with Crippen molar-refractivity contribution in [1.29, 1.82) is 0 Å². The van der Waals surface area contributed by atoms with Crippen LogP contribution in [-0.2, 0) is 10.4 Å². The highest BCUT2D eigenvalue weighted by Gasteiger charge is 2.62. The van der Waals surface area contributed by atoms with Crippen LogP contribution in [0.5, 0.6) is 0 Å². The van der Waals surface area contributed by atoms with Gasteiger partial charge in [-0.3, -0.25) is 9.59 Å². The summed E-state index contributed by atoms with van der Waals surface area (Å²) in [6.07, 6.45) is -3.32. The van der Waals surface area contributed by atoms with E-state index in [2.05, 4.69) is 10.2 Å². The topological polar surface area (TPSA) is 113 Å². The van der Waals surface area contributed by atoms with Gasteiger partial charge in [0.2, 0.25) is 0 Å². The molecule has 0 aliphatic carbocycles. The number of hydrogen-bond donors (Lipinski definition) is 3. The number of piperidine rings is 2. The maximum atomic E-state index is 14.0. The van der Waals surface area contributed by atoms with Gasteiger partial charge in [-0.25, -0.2) is 4.79 Å². The third-order valence-corrected chi connectivity index (χ3v) is 9.59. The van der Waals surface area contributed by atoms with Crippen molar-refractivity contribution in [2.45, 2.75) is 37.5 Å². The van der Waals surface area contributed by atoms with Crippen LogP contribution in [0, 0.1) is 17.8 Å². The van der Waals surface area contributed by atoms with Crippen LogP contribution in [0.3, 0.4) is 0 Å². The van der Waals surface area contributed by atoms with Gasteiger partial charge in [-0.05, 0) is 55.7 Å². The standard InChI is InChI=1S/C31H36ClF3N4O5/c32-26-16-24(6-7-25(26)27(40)39-18-20(19-39)17-36-29(42)43)37-12-8-21(9-13-37)22-10-14-38(15-11-22)28(41)30(44,31(33,34)35)23-4-2-1-3-5-23/h1-7,16,20-22,36,44H,8-15,17-19H2,(H,42,43). The van der Waals surface area contributed by atoms with Crippen molar-refractivity contribution in [2.75, 3.05) is 50.7 Å². The molecular weight excluding hydrogens is 601 g/mol. The van der Waals surface area contributed by atoms with Gasteiger partial charge in [0.25, 0.3) is 17.4 Å². The minimum absolute atomic E-state index is 0.0829. The number of amides is 3. The van der Waals surface area contributed by atoms with E-state index in [9.17, 15) is 32.7 Å². The number of alkyl halides is 3. The lowest BCUT2D eigenvalue weighted by molar-refractivity contribution is -0.262. The van der Waals surface area contributed by atoms with Crippen molar-refractivity contribution < 1.29 is 37.8 Å². The number of halogens is 4. The van der Waals surface area contributed by atoms with E-state index >= 15 is 0 Å². The molecule has 3 fully saturated rings. The Bertz CT molecular complexity index is 1360. The largest absolute Gasteiger partial charge is 0.465 e. The molecule has 44 heavy (non-hydrogen) atoms. The number of carboxylic acid groups (broad SMARTS) is 1. The van der Waals surface area contributed by atoms with Crippen LogP contribution in [-0.4, -0.2) is 89.9 Å². The Balaban J connectivity index is 1.11. The molecule has 1 unspecified atom stereocenters. The van der Waals surface area contributed by atoms with Crippen LogP contribution in [0.4, 0.5) is 23.7 Å². The Morgan fingerprint density at radius 1 is 0.886 bits per heavy atom. The van der Waals surface area contributed by atoms with Crippen LogP contribution in [0.15, 0.2) is 48.5 Å². The number of carbonyl (C=O) groups excluding carboxylic acids is 2. The van der Waals surface area contributed by atoms with Crippen molar-refractivity contribution in [3.8, 4) is 0 Å². The van der Waals surface area contributed by atoms with E-state index in [1.165, 1.54) is 18.2 Å². The molecule has 2 aromatic carbocycles. The van der Waals surface area contributed by atoms with Gasteiger partial charge in [0.05, 0.1) is 10.6 Å². The summed E-state index contributed by atoms with van der Waals surface area (Å²) in [6, 6.07) is 11.9. The van der Waals surface area contributed by atoms with Crippen LogP contribution in [0.1, 0.15) is 41.6 Å². The second-order valence-corrected chi connectivity index (χ2v) is 12.4.